The highest BCUT2D eigenvalue weighted by Crippen LogP contribution is 2.36. The molecule has 21 heavy (non-hydrogen) atoms. The molecule has 0 spiro atoms. The average molecular weight is 358 g/mol. The van der Waals surface area contributed by atoms with Crippen LogP contribution in [0.25, 0.3) is 0 Å². The van der Waals surface area contributed by atoms with Gasteiger partial charge in [0.05, 0.1) is 11.6 Å². The molecule has 112 valence electrons. The van der Waals surface area contributed by atoms with Crippen LogP contribution in [0, 0.1) is 13.8 Å². The van der Waals surface area contributed by atoms with E-state index in [1.165, 1.54) is 6.07 Å². The number of benzene rings is 2. The van der Waals surface area contributed by atoms with Gasteiger partial charge in [-0.2, -0.15) is 13.2 Å². The lowest BCUT2D eigenvalue weighted by Crippen LogP contribution is -2.14. The summed E-state index contributed by atoms with van der Waals surface area (Å²) in [5.41, 5.74) is 8.83. The second-order valence-corrected chi connectivity index (χ2v) is 5.91. The zero-order chi connectivity index (χ0) is 15.8. The summed E-state index contributed by atoms with van der Waals surface area (Å²) in [6, 6.07) is 9.20. The zero-order valence-electron chi connectivity index (χ0n) is 11.6. The first-order chi connectivity index (χ1) is 9.70. The van der Waals surface area contributed by atoms with Gasteiger partial charge in [-0.15, -0.1) is 0 Å². The van der Waals surface area contributed by atoms with Gasteiger partial charge in [-0.05, 0) is 48.2 Å². The molecular weight excluding hydrogens is 343 g/mol. The number of hydrogen-bond acceptors (Lipinski definition) is 1. The maximum absolute atomic E-state index is 12.9. The standard InChI is InChI=1S/C16H15BrF3N/c1-9-3-4-11(7-10(9)2)15(21)12-5-6-14(17)13(8-12)16(18,19)20/h3-8,15H,21H2,1-2H3. The van der Waals surface area contributed by atoms with Crippen LogP contribution in [0.3, 0.4) is 0 Å². The molecule has 1 atom stereocenters. The topological polar surface area (TPSA) is 26.0 Å². The summed E-state index contributed by atoms with van der Waals surface area (Å²) < 4.78 is 38.8. The second-order valence-electron chi connectivity index (χ2n) is 5.06. The number of halogens is 4. The third kappa shape index (κ3) is 3.47. The summed E-state index contributed by atoms with van der Waals surface area (Å²) in [6.45, 7) is 3.93. The molecule has 0 fully saturated rings. The molecule has 0 radical (unpaired) electrons. The lowest BCUT2D eigenvalue weighted by atomic mass is 9.95. The van der Waals surface area contributed by atoms with Crippen molar-refractivity contribution in [3.8, 4) is 0 Å². The summed E-state index contributed by atoms with van der Waals surface area (Å²) >= 11 is 2.93. The quantitative estimate of drug-likeness (QED) is 0.791. The summed E-state index contributed by atoms with van der Waals surface area (Å²) in [5, 5.41) is 0. The van der Waals surface area contributed by atoms with Gasteiger partial charge in [0.1, 0.15) is 0 Å². The molecule has 2 rings (SSSR count). The number of hydrogen-bond donors (Lipinski definition) is 1. The predicted molar refractivity (Wildman–Crippen MR) is 81.1 cm³/mol. The third-order valence-corrected chi connectivity index (χ3v) is 4.24. The Morgan fingerprint density at radius 2 is 1.52 bits per heavy atom. The van der Waals surface area contributed by atoms with Crippen molar-refractivity contribution in [2.75, 3.05) is 0 Å². The van der Waals surface area contributed by atoms with E-state index in [0.717, 1.165) is 22.8 Å². The Morgan fingerprint density at radius 3 is 2.10 bits per heavy atom. The fraction of sp³-hybridized carbons (Fsp3) is 0.250. The van der Waals surface area contributed by atoms with E-state index in [1.807, 2.05) is 32.0 Å². The Bertz CT molecular complexity index is 665. The van der Waals surface area contributed by atoms with Crippen LogP contribution in [0.1, 0.15) is 33.9 Å². The van der Waals surface area contributed by atoms with Gasteiger partial charge in [0.25, 0.3) is 0 Å². The van der Waals surface area contributed by atoms with Crippen molar-refractivity contribution >= 4 is 15.9 Å². The van der Waals surface area contributed by atoms with Crippen LogP contribution in [0.15, 0.2) is 40.9 Å². The summed E-state index contributed by atoms with van der Waals surface area (Å²) in [6.07, 6.45) is -4.41. The maximum atomic E-state index is 12.9. The highest BCUT2D eigenvalue weighted by atomic mass is 79.9. The first-order valence-corrected chi connectivity index (χ1v) is 7.19. The fourth-order valence-corrected chi connectivity index (χ4v) is 2.58. The number of nitrogens with two attached hydrogens (primary N) is 1. The number of alkyl halides is 3. The Balaban J connectivity index is 2.44. The van der Waals surface area contributed by atoms with Crippen molar-refractivity contribution in [2.24, 2.45) is 5.73 Å². The van der Waals surface area contributed by atoms with Crippen molar-refractivity contribution in [1.29, 1.82) is 0 Å². The Kier molecular flexibility index (Phi) is 4.44. The summed E-state index contributed by atoms with van der Waals surface area (Å²) in [4.78, 5) is 0. The monoisotopic (exact) mass is 357 g/mol. The van der Waals surface area contributed by atoms with Gasteiger partial charge >= 0.3 is 6.18 Å². The van der Waals surface area contributed by atoms with E-state index in [1.54, 1.807) is 6.07 Å². The smallest absolute Gasteiger partial charge is 0.320 e. The molecule has 2 aromatic rings. The van der Waals surface area contributed by atoms with E-state index in [0.29, 0.717) is 5.56 Å². The van der Waals surface area contributed by atoms with Crippen molar-refractivity contribution in [3.05, 3.63) is 68.7 Å². The molecule has 0 saturated carbocycles. The van der Waals surface area contributed by atoms with Gasteiger partial charge in [-0.25, -0.2) is 0 Å². The third-order valence-electron chi connectivity index (χ3n) is 3.55. The average Bonchev–Trinajstić information content (AvgIpc) is 2.40. The summed E-state index contributed by atoms with van der Waals surface area (Å²) in [7, 11) is 0. The Labute approximate surface area is 130 Å². The molecule has 0 heterocycles. The molecule has 0 aliphatic rings. The normalized spacial score (nSPS) is 13.3. The summed E-state index contributed by atoms with van der Waals surface area (Å²) in [5.74, 6) is 0. The molecule has 0 aliphatic heterocycles. The minimum Gasteiger partial charge on any atom is -0.320 e. The Hall–Kier alpha value is -1.33. The molecule has 0 saturated heterocycles. The van der Waals surface area contributed by atoms with Gasteiger partial charge < -0.3 is 5.73 Å². The van der Waals surface area contributed by atoms with Crippen molar-refractivity contribution in [2.45, 2.75) is 26.1 Å². The maximum Gasteiger partial charge on any atom is 0.417 e. The lowest BCUT2D eigenvalue weighted by Gasteiger charge is -2.17. The highest BCUT2D eigenvalue weighted by Gasteiger charge is 2.33. The SMILES string of the molecule is Cc1ccc(C(N)c2ccc(Br)c(C(F)(F)F)c2)cc1C. The molecule has 2 N–H and O–H groups in total. The van der Waals surface area contributed by atoms with Crippen LogP contribution in [-0.2, 0) is 6.18 Å². The number of rotatable bonds is 2. The van der Waals surface area contributed by atoms with Crippen LogP contribution < -0.4 is 5.73 Å². The van der Waals surface area contributed by atoms with Crippen LogP contribution in [-0.4, -0.2) is 0 Å². The van der Waals surface area contributed by atoms with Crippen LogP contribution >= 0.6 is 15.9 Å². The van der Waals surface area contributed by atoms with Crippen LogP contribution in [0.4, 0.5) is 13.2 Å². The minimum atomic E-state index is -4.41. The van der Waals surface area contributed by atoms with E-state index in [4.69, 9.17) is 5.73 Å². The van der Waals surface area contributed by atoms with Crippen LogP contribution in [0.2, 0.25) is 0 Å². The molecule has 5 heteroatoms. The fourth-order valence-electron chi connectivity index (χ4n) is 2.10. The van der Waals surface area contributed by atoms with Gasteiger partial charge in [0, 0.05) is 4.47 Å². The molecule has 1 unspecified atom stereocenters. The lowest BCUT2D eigenvalue weighted by molar-refractivity contribution is -0.138. The van der Waals surface area contributed by atoms with E-state index >= 15 is 0 Å². The number of aryl methyl sites for hydroxylation is 2. The molecule has 0 aliphatic carbocycles. The van der Waals surface area contributed by atoms with E-state index < -0.39 is 17.8 Å². The van der Waals surface area contributed by atoms with E-state index in [9.17, 15) is 13.2 Å². The molecule has 0 aromatic heterocycles. The second kappa shape index (κ2) is 5.81. The van der Waals surface area contributed by atoms with E-state index in [2.05, 4.69) is 15.9 Å². The Morgan fingerprint density at radius 1 is 0.952 bits per heavy atom. The molecule has 0 amide bonds. The van der Waals surface area contributed by atoms with Crippen LogP contribution in [0.5, 0.6) is 0 Å². The zero-order valence-corrected chi connectivity index (χ0v) is 13.2. The first-order valence-electron chi connectivity index (χ1n) is 6.39. The first kappa shape index (κ1) is 16.0. The molecular formula is C16H15BrF3N. The van der Waals surface area contributed by atoms with E-state index in [-0.39, 0.29) is 4.47 Å². The van der Waals surface area contributed by atoms with Crippen molar-refractivity contribution in [1.82, 2.24) is 0 Å². The molecule has 2 aromatic carbocycles. The van der Waals surface area contributed by atoms with Crippen molar-refractivity contribution in [3.63, 3.8) is 0 Å². The molecule has 0 bridgehead atoms. The van der Waals surface area contributed by atoms with Gasteiger partial charge in [0.15, 0.2) is 0 Å². The molecule has 1 nitrogen and oxygen atoms in total. The van der Waals surface area contributed by atoms with Gasteiger partial charge in [-0.3, -0.25) is 0 Å². The van der Waals surface area contributed by atoms with Gasteiger partial charge in [-0.1, -0.05) is 40.2 Å². The largest absolute Gasteiger partial charge is 0.417 e. The minimum absolute atomic E-state index is 0.0195. The van der Waals surface area contributed by atoms with Crippen molar-refractivity contribution < 1.29 is 13.2 Å². The highest BCUT2D eigenvalue weighted by molar-refractivity contribution is 9.10. The van der Waals surface area contributed by atoms with Gasteiger partial charge in [0.2, 0.25) is 0 Å². The predicted octanol–water partition coefficient (Wildman–Crippen LogP) is 5.13.